The van der Waals surface area contributed by atoms with Gasteiger partial charge in [-0.2, -0.15) is 4.57 Å². The van der Waals surface area contributed by atoms with Gasteiger partial charge in [0.1, 0.15) is 7.05 Å². The second-order valence-corrected chi connectivity index (χ2v) is 12.1. The van der Waals surface area contributed by atoms with E-state index in [2.05, 4.69) is 183 Å². The Morgan fingerprint density at radius 2 is 1.29 bits per heavy atom. The molecule has 7 rings (SSSR count). The van der Waals surface area contributed by atoms with Crippen LogP contribution >= 0.6 is 0 Å². The van der Waals surface area contributed by atoms with Crippen LogP contribution in [-0.4, -0.2) is 0 Å². The standard InChI is InChI=1S/C43H38N2/c1-29(35-14-6-8-16-38(35)33-20-23-40-41(28-33)32(4)45-25-13-11-19-43(40)45)26-30(2)36-15-7-9-17-39(36)37-22-21-34(27-31(37)3)42-18-10-12-24-44(42)5/h6-28,32H,2H2,1,3-5H3/q+2/b29-26+/t32-/m0/s1. The molecule has 0 radical (unpaired) electrons. The first kappa shape index (κ1) is 28.4. The van der Waals surface area contributed by atoms with Crippen molar-refractivity contribution in [2.45, 2.75) is 26.8 Å². The van der Waals surface area contributed by atoms with E-state index >= 15 is 0 Å². The Balaban J connectivity index is 1.22. The van der Waals surface area contributed by atoms with Crippen LogP contribution in [0.25, 0.3) is 55.9 Å². The molecule has 0 saturated carbocycles. The van der Waals surface area contributed by atoms with Gasteiger partial charge in [-0.1, -0.05) is 73.3 Å². The van der Waals surface area contributed by atoms with Crippen LogP contribution in [0.2, 0.25) is 0 Å². The number of fused-ring (bicyclic) bond motifs is 3. The van der Waals surface area contributed by atoms with Crippen molar-refractivity contribution in [1.82, 2.24) is 0 Å². The second kappa shape index (κ2) is 11.6. The molecule has 3 heterocycles. The third kappa shape index (κ3) is 5.13. The van der Waals surface area contributed by atoms with Crippen molar-refractivity contribution in [2.75, 3.05) is 0 Å². The zero-order chi connectivity index (χ0) is 31.1. The summed E-state index contributed by atoms with van der Waals surface area (Å²) in [7, 11) is 2.09. The summed E-state index contributed by atoms with van der Waals surface area (Å²) < 4.78 is 4.53. The van der Waals surface area contributed by atoms with Gasteiger partial charge in [0, 0.05) is 42.3 Å². The lowest BCUT2D eigenvalue weighted by atomic mass is 9.88. The van der Waals surface area contributed by atoms with Crippen molar-refractivity contribution in [1.29, 1.82) is 0 Å². The van der Waals surface area contributed by atoms with Crippen LogP contribution < -0.4 is 9.13 Å². The Kier molecular flexibility index (Phi) is 7.35. The molecule has 0 saturated heterocycles. The first-order valence-corrected chi connectivity index (χ1v) is 15.7. The van der Waals surface area contributed by atoms with Gasteiger partial charge in [-0.05, 0) is 100 Å². The Morgan fingerprint density at radius 1 is 0.644 bits per heavy atom. The number of benzene rings is 4. The summed E-state index contributed by atoms with van der Waals surface area (Å²) in [5.74, 6) is 0. The molecule has 1 atom stereocenters. The number of aromatic nitrogens is 2. The molecular formula is C43H38N2+2. The fourth-order valence-corrected chi connectivity index (χ4v) is 6.92. The van der Waals surface area contributed by atoms with Crippen LogP contribution in [0.5, 0.6) is 0 Å². The molecule has 218 valence electrons. The molecule has 45 heavy (non-hydrogen) atoms. The molecule has 0 fully saturated rings. The van der Waals surface area contributed by atoms with Crippen molar-refractivity contribution in [2.24, 2.45) is 7.05 Å². The van der Waals surface area contributed by atoms with E-state index in [1.807, 2.05) is 0 Å². The van der Waals surface area contributed by atoms with Crippen molar-refractivity contribution in [3.63, 3.8) is 0 Å². The van der Waals surface area contributed by atoms with Crippen molar-refractivity contribution in [3.8, 4) is 44.8 Å². The summed E-state index contributed by atoms with van der Waals surface area (Å²) in [5, 5.41) is 0. The average Bonchev–Trinajstić information content (AvgIpc) is 3.36. The number of aryl methyl sites for hydroxylation is 2. The zero-order valence-electron chi connectivity index (χ0n) is 26.5. The smallest absolute Gasteiger partial charge is 0.201 e. The minimum absolute atomic E-state index is 0.309. The van der Waals surface area contributed by atoms with E-state index in [1.54, 1.807) is 0 Å². The Morgan fingerprint density at radius 3 is 2.07 bits per heavy atom. The van der Waals surface area contributed by atoms with Gasteiger partial charge in [-0.25, -0.2) is 4.57 Å². The van der Waals surface area contributed by atoms with Gasteiger partial charge in [-0.3, -0.25) is 0 Å². The molecule has 0 unspecified atom stereocenters. The fraction of sp³-hybridized carbons (Fsp3) is 0.116. The highest BCUT2D eigenvalue weighted by Crippen LogP contribution is 2.39. The molecule has 2 heteroatoms. The number of nitrogens with zero attached hydrogens (tertiary/aromatic N) is 2. The highest BCUT2D eigenvalue weighted by molar-refractivity contribution is 5.92. The monoisotopic (exact) mass is 582 g/mol. The van der Waals surface area contributed by atoms with Gasteiger partial charge in [0.2, 0.25) is 11.4 Å². The number of rotatable bonds is 6. The number of pyridine rings is 2. The topological polar surface area (TPSA) is 7.76 Å². The summed E-state index contributed by atoms with van der Waals surface area (Å²) in [4.78, 5) is 0. The highest BCUT2D eigenvalue weighted by Gasteiger charge is 2.32. The van der Waals surface area contributed by atoms with E-state index < -0.39 is 0 Å². The Bertz CT molecular complexity index is 2130. The lowest BCUT2D eigenvalue weighted by Crippen LogP contribution is -2.35. The average molecular weight is 583 g/mol. The van der Waals surface area contributed by atoms with Crippen LogP contribution in [0.1, 0.15) is 42.1 Å². The molecule has 0 spiro atoms. The van der Waals surface area contributed by atoms with Crippen LogP contribution in [0.3, 0.4) is 0 Å². The predicted octanol–water partition coefficient (Wildman–Crippen LogP) is 9.81. The molecule has 2 aromatic heterocycles. The maximum Gasteiger partial charge on any atom is 0.213 e. The van der Waals surface area contributed by atoms with E-state index in [0.29, 0.717) is 6.04 Å². The van der Waals surface area contributed by atoms with Gasteiger partial charge in [0.15, 0.2) is 18.4 Å². The molecule has 0 aliphatic carbocycles. The van der Waals surface area contributed by atoms with Crippen molar-refractivity contribution in [3.05, 3.63) is 169 Å². The van der Waals surface area contributed by atoms with Crippen LogP contribution in [0.4, 0.5) is 0 Å². The van der Waals surface area contributed by atoms with E-state index in [1.165, 1.54) is 67.0 Å². The highest BCUT2D eigenvalue weighted by atomic mass is 15.0. The number of hydrogen-bond acceptors (Lipinski definition) is 0. The SMILES string of the molecule is C=C(/C=C(\C)c1ccccc1-c1ccc2c(c1)[C@H](C)[n+]1ccccc1-2)c1ccccc1-c1ccc(-c2cccc[n+]2C)cc1C. The molecule has 4 aromatic carbocycles. The summed E-state index contributed by atoms with van der Waals surface area (Å²) in [5.41, 5.74) is 17.1. The number of hydrogen-bond donors (Lipinski definition) is 0. The summed E-state index contributed by atoms with van der Waals surface area (Å²) in [6, 6.07) is 44.1. The largest absolute Gasteiger partial charge is 0.213 e. The van der Waals surface area contributed by atoms with E-state index in [9.17, 15) is 0 Å². The number of allylic oxidation sites excluding steroid dienone is 3. The molecule has 6 aromatic rings. The maximum absolute atomic E-state index is 4.58. The van der Waals surface area contributed by atoms with Gasteiger partial charge >= 0.3 is 0 Å². The summed E-state index contributed by atoms with van der Waals surface area (Å²) in [6.07, 6.45) is 6.52. The molecular weight excluding hydrogens is 544 g/mol. The minimum Gasteiger partial charge on any atom is -0.201 e. The third-order valence-corrected chi connectivity index (χ3v) is 9.28. The first-order valence-electron chi connectivity index (χ1n) is 15.7. The van der Waals surface area contributed by atoms with Crippen LogP contribution in [-0.2, 0) is 7.05 Å². The molecule has 1 aliphatic rings. The van der Waals surface area contributed by atoms with E-state index in [-0.39, 0.29) is 0 Å². The lowest BCUT2D eigenvalue weighted by molar-refractivity contribution is -0.694. The summed E-state index contributed by atoms with van der Waals surface area (Å²) in [6.45, 7) is 11.3. The zero-order valence-corrected chi connectivity index (χ0v) is 26.5. The van der Waals surface area contributed by atoms with Crippen LogP contribution in [0, 0.1) is 6.92 Å². The van der Waals surface area contributed by atoms with Gasteiger partial charge in [0.05, 0.1) is 5.56 Å². The van der Waals surface area contributed by atoms with Crippen LogP contribution in [0.15, 0.2) is 146 Å². The predicted molar refractivity (Wildman–Crippen MR) is 187 cm³/mol. The van der Waals surface area contributed by atoms with Gasteiger partial charge in [-0.15, -0.1) is 0 Å². The Hall–Kier alpha value is -5.34. The fourth-order valence-electron chi connectivity index (χ4n) is 6.92. The Labute approximate surface area is 266 Å². The van der Waals surface area contributed by atoms with E-state index in [0.717, 1.165) is 11.1 Å². The molecule has 0 bridgehead atoms. The molecule has 0 N–H and O–H groups in total. The van der Waals surface area contributed by atoms with Gasteiger partial charge < -0.3 is 0 Å². The molecule has 2 nitrogen and oxygen atoms in total. The van der Waals surface area contributed by atoms with E-state index in [4.69, 9.17) is 0 Å². The third-order valence-electron chi connectivity index (χ3n) is 9.28. The summed E-state index contributed by atoms with van der Waals surface area (Å²) >= 11 is 0. The maximum atomic E-state index is 4.58. The lowest BCUT2D eigenvalue weighted by Gasteiger charge is -2.15. The first-order chi connectivity index (χ1) is 21.9. The molecule has 0 amide bonds. The molecule has 1 aliphatic heterocycles. The van der Waals surface area contributed by atoms with Crippen molar-refractivity contribution >= 4 is 11.1 Å². The normalized spacial score (nSPS) is 13.8. The minimum atomic E-state index is 0.309. The second-order valence-electron chi connectivity index (χ2n) is 12.1. The quantitative estimate of drug-likeness (QED) is 0.136. The van der Waals surface area contributed by atoms with Crippen molar-refractivity contribution < 1.29 is 9.13 Å². The van der Waals surface area contributed by atoms with Gasteiger partial charge in [0.25, 0.3) is 0 Å².